The van der Waals surface area contributed by atoms with Gasteiger partial charge < -0.3 is 4.90 Å². The molecule has 0 N–H and O–H groups in total. The second-order valence-corrected chi connectivity index (χ2v) is 7.79. The summed E-state index contributed by atoms with van der Waals surface area (Å²) in [7, 11) is 1.85. The Balaban J connectivity index is 1.93. The number of carbonyl (C=O) groups excluding carboxylic acids is 1. The van der Waals surface area contributed by atoms with Crippen molar-refractivity contribution in [3.63, 3.8) is 0 Å². The van der Waals surface area contributed by atoms with Gasteiger partial charge in [0.05, 0.1) is 5.41 Å². The molecule has 0 bridgehead atoms. The summed E-state index contributed by atoms with van der Waals surface area (Å²) in [5.41, 5.74) is 4.04. The Labute approximate surface area is 144 Å². The molecule has 0 spiro atoms. The topological polar surface area (TPSA) is 20.3 Å². The van der Waals surface area contributed by atoms with E-state index in [0.717, 1.165) is 16.8 Å². The summed E-state index contributed by atoms with van der Waals surface area (Å²) in [6.07, 6.45) is 4.09. The molecule has 0 radical (unpaired) electrons. The Kier molecular flexibility index (Phi) is 3.87. The number of nitrogens with zero attached hydrogens (tertiary/aromatic N) is 1. The first kappa shape index (κ1) is 16.5. The van der Waals surface area contributed by atoms with Crippen molar-refractivity contribution in [3.8, 4) is 0 Å². The van der Waals surface area contributed by atoms with Crippen molar-refractivity contribution in [1.82, 2.24) is 0 Å². The lowest BCUT2D eigenvalue weighted by molar-refractivity contribution is -0.120. The zero-order chi connectivity index (χ0) is 17.5. The van der Waals surface area contributed by atoms with Crippen LogP contribution in [0.1, 0.15) is 44.4 Å². The molecule has 1 amide bonds. The van der Waals surface area contributed by atoms with Gasteiger partial charge in [0.15, 0.2) is 0 Å². The number of carbonyl (C=O) groups is 1. The van der Waals surface area contributed by atoms with Crippen LogP contribution < -0.4 is 4.90 Å². The van der Waals surface area contributed by atoms with E-state index in [0.29, 0.717) is 0 Å². The molecule has 1 aliphatic rings. The van der Waals surface area contributed by atoms with Crippen molar-refractivity contribution in [3.05, 3.63) is 71.3 Å². The lowest BCUT2D eigenvalue weighted by Gasteiger charge is -2.20. The Morgan fingerprint density at radius 3 is 2.25 bits per heavy atom. The maximum Gasteiger partial charge on any atom is 0.241 e. The number of fused-ring (bicyclic) bond motifs is 1. The van der Waals surface area contributed by atoms with Crippen molar-refractivity contribution in [2.75, 3.05) is 11.9 Å². The largest absolute Gasteiger partial charge is 0.314 e. The average molecular weight is 319 g/mol. The van der Waals surface area contributed by atoms with E-state index in [1.165, 1.54) is 5.56 Å². The van der Waals surface area contributed by atoms with Gasteiger partial charge in [-0.05, 0) is 35.1 Å². The standard InChI is InChI=1S/C22H25NO/c1-21(2,3)17-12-10-16(11-13-17)14-15-22(4)18-8-6-7-9-19(18)23(5)20(22)24/h6-15H,1-5H3/b15-14+. The predicted octanol–water partition coefficient (Wildman–Crippen LogP) is 4.93. The Morgan fingerprint density at radius 1 is 1.00 bits per heavy atom. The molecule has 3 rings (SSSR count). The third kappa shape index (κ3) is 2.66. The smallest absolute Gasteiger partial charge is 0.241 e. The van der Waals surface area contributed by atoms with Gasteiger partial charge in [0.25, 0.3) is 0 Å². The molecular weight excluding hydrogens is 294 g/mol. The molecule has 24 heavy (non-hydrogen) atoms. The number of hydrogen-bond acceptors (Lipinski definition) is 1. The summed E-state index contributed by atoms with van der Waals surface area (Å²) >= 11 is 0. The zero-order valence-corrected chi connectivity index (χ0v) is 15.1. The molecule has 2 nitrogen and oxygen atoms in total. The molecule has 0 saturated heterocycles. The van der Waals surface area contributed by atoms with Gasteiger partial charge in [0, 0.05) is 12.7 Å². The van der Waals surface area contributed by atoms with Crippen molar-refractivity contribution < 1.29 is 4.79 Å². The molecule has 1 unspecified atom stereocenters. The molecule has 1 atom stereocenters. The number of amides is 1. The molecule has 1 aliphatic heterocycles. The first-order chi connectivity index (χ1) is 11.2. The number of benzene rings is 2. The van der Waals surface area contributed by atoms with Crippen LogP contribution in [-0.4, -0.2) is 13.0 Å². The van der Waals surface area contributed by atoms with Crippen molar-refractivity contribution in [2.24, 2.45) is 0 Å². The van der Waals surface area contributed by atoms with Crippen LogP contribution in [0.15, 0.2) is 54.6 Å². The highest BCUT2D eigenvalue weighted by Gasteiger charge is 2.43. The third-order valence-electron chi connectivity index (χ3n) is 4.96. The predicted molar refractivity (Wildman–Crippen MR) is 101 cm³/mol. The summed E-state index contributed by atoms with van der Waals surface area (Å²) < 4.78 is 0. The van der Waals surface area contributed by atoms with Crippen LogP contribution >= 0.6 is 0 Å². The maximum atomic E-state index is 12.8. The molecular formula is C22H25NO. The fourth-order valence-corrected chi connectivity index (χ4v) is 3.30. The molecule has 124 valence electrons. The van der Waals surface area contributed by atoms with Gasteiger partial charge in [0.1, 0.15) is 0 Å². The van der Waals surface area contributed by atoms with Gasteiger partial charge in [-0.15, -0.1) is 0 Å². The number of hydrogen-bond donors (Lipinski definition) is 0. The van der Waals surface area contributed by atoms with Gasteiger partial charge in [-0.2, -0.15) is 0 Å². The van der Waals surface area contributed by atoms with Crippen LogP contribution in [0.4, 0.5) is 5.69 Å². The second kappa shape index (κ2) is 5.62. The number of likely N-dealkylation sites (N-methyl/N-ethyl adjacent to an activating group) is 1. The van der Waals surface area contributed by atoms with Crippen molar-refractivity contribution >= 4 is 17.7 Å². The van der Waals surface area contributed by atoms with Crippen molar-refractivity contribution in [1.29, 1.82) is 0 Å². The molecule has 2 heteroatoms. The normalized spacial score (nSPS) is 20.7. The van der Waals surface area contributed by atoms with Crippen LogP contribution in [0.5, 0.6) is 0 Å². The van der Waals surface area contributed by atoms with Gasteiger partial charge in [-0.1, -0.05) is 75.4 Å². The van der Waals surface area contributed by atoms with E-state index in [4.69, 9.17) is 0 Å². The van der Waals surface area contributed by atoms with Crippen LogP contribution in [0.25, 0.3) is 6.08 Å². The fourth-order valence-electron chi connectivity index (χ4n) is 3.30. The highest BCUT2D eigenvalue weighted by Crippen LogP contribution is 2.42. The molecule has 2 aromatic carbocycles. The quantitative estimate of drug-likeness (QED) is 0.768. The lowest BCUT2D eigenvalue weighted by Crippen LogP contribution is -2.34. The lowest BCUT2D eigenvalue weighted by atomic mass is 9.82. The molecule has 0 saturated carbocycles. The summed E-state index contributed by atoms with van der Waals surface area (Å²) in [5.74, 6) is 0.117. The van der Waals surface area contributed by atoms with E-state index in [9.17, 15) is 4.79 Å². The SMILES string of the molecule is CN1C(=O)C(C)(/C=C/c2ccc(C(C)(C)C)cc2)c2ccccc21. The first-order valence-corrected chi connectivity index (χ1v) is 8.41. The minimum Gasteiger partial charge on any atom is -0.314 e. The average Bonchev–Trinajstić information content (AvgIpc) is 2.75. The summed E-state index contributed by atoms with van der Waals surface area (Å²) in [6.45, 7) is 8.63. The summed E-state index contributed by atoms with van der Waals surface area (Å²) in [4.78, 5) is 14.5. The number of para-hydroxylation sites is 1. The maximum absolute atomic E-state index is 12.8. The fraction of sp³-hybridized carbons (Fsp3) is 0.318. The van der Waals surface area contributed by atoms with Crippen molar-refractivity contribution in [2.45, 2.75) is 38.5 Å². The third-order valence-corrected chi connectivity index (χ3v) is 4.96. The number of rotatable bonds is 2. The Morgan fingerprint density at radius 2 is 1.62 bits per heavy atom. The van der Waals surface area contributed by atoms with E-state index in [1.807, 2.05) is 44.3 Å². The zero-order valence-electron chi connectivity index (χ0n) is 15.1. The van der Waals surface area contributed by atoms with Crippen LogP contribution in [0.2, 0.25) is 0 Å². The van der Waals surface area contributed by atoms with Gasteiger partial charge in [0.2, 0.25) is 5.91 Å². The minimum absolute atomic E-state index is 0.117. The molecule has 0 aliphatic carbocycles. The Bertz CT molecular complexity index is 795. The van der Waals surface area contributed by atoms with Gasteiger partial charge in [-0.3, -0.25) is 4.79 Å². The van der Waals surface area contributed by atoms with E-state index in [1.54, 1.807) is 4.90 Å². The monoisotopic (exact) mass is 319 g/mol. The molecule has 0 fully saturated rings. The molecule has 0 aromatic heterocycles. The van der Waals surface area contributed by atoms with Crippen LogP contribution in [0, 0.1) is 0 Å². The minimum atomic E-state index is -0.603. The highest BCUT2D eigenvalue weighted by molar-refractivity contribution is 6.09. The van der Waals surface area contributed by atoms with E-state index in [-0.39, 0.29) is 11.3 Å². The summed E-state index contributed by atoms with van der Waals surface area (Å²) in [6, 6.07) is 16.6. The Hall–Kier alpha value is -2.35. The van der Waals surface area contributed by atoms with E-state index in [2.05, 4.69) is 51.1 Å². The van der Waals surface area contributed by atoms with Gasteiger partial charge in [-0.25, -0.2) is 0 Å². The first-order valence-electron chi connectivity index (χ1n) is 8.41. The van der Waals surface area contributed by atoms with E-state index >= 15 is 0 Å². The van der Waals surface area contributed by atoms with Crippen LogP contribution in [-0.2, 0) is 15.6 Å². The molecule has 2 aromatic rings. The van der Waals surface area contributed by atoms with Gasteiger partial charge >= 0.3 is 0 Å². The van der Waals surface area contributed by atoms with Crippen LogP contribution in [0.3, 0.4) is 0 Å². The van der Waals surface area contributed by atoms with E-state index < -0.39 is 5.41 Å². The number of anilines is 1. The molecule has 1 heterocycles. The summed E-state index contributed by atoms with van der Waals surface area (Å²) in [5, 5.41) is 0. The second-order valence-electron chi connectivity index (χ2n) is 7.79. The highest BCUT2D eigenvalue weighted by atomic mass is 16.2.